The summed E-state index contributed by atoms with van der Waals surface area (Å²) in [5, 5.41) is 15.5. The summed E-state index contributed by atoms with van der Waals surface area (Å²) in [4.78, 5) is 12.4. The Bertz CT molecular complexity index is 842. The van der Waals surface area contributed by atoms with Crippen LogP contribution in [0.5, 0.6) is 5.75 Å². The molecule has 0 saturated heterocycles. The zero-order valence-electron chi connectivity index (χ0n) is 16.5. The maximum Gasteiger partial charge on any atom is 0.253 e. The molecule has 0 atom stereocenters. The Labute approximate surface area is 171 Å². The molecule has 28 heavy (non-hydrogen) atoms. The lowest BCUT2D eigenvalue weighted by Crippen LogP contribution is -2.42. The molecule has 0 bridgehead atoms. The number of hydrogen-bond acceptors (Lipinski definition) is 4. The van der Waals surface area contributed by atoms with E-state index in [2.05, 4.69) is 16.7 Å². The van der Waals surface area contributed by atoms with Gasteiger partial charge in [-0.1, -0.05) is 18.5 Å². The molecule has 2 N–H and O–H groups in total. The standard InChI is InChI=1S/C22H26ClN3O2/c1-4-22(2,3)26-21(27)19-11-8-17(14-20(19)23)25-12-5-13-28-18-9-6-16(15-24)7-10-18/h6-11,14,25H,4-5,12-13H2,1-3H3,(H,26,27). The van der Waals surface area contributed by atoms with Gasteiger partial charge in [0.05, 0.1) is 28.8 Å². The van der Waals surface area contributed by atoms with Crippen molar-refractivity contribution in [2.45, 2.75) is 39.2 Å². The third-order valence-electron chi connectivity index (χ3n) is 4.45. The van der Waals surface area contributed by atoms with Gasteiger partial charge in [-0.15, -0.1) is 0 Å². The number of hydrogen-bond donors (Lipinski definition) is 2. The first-order valence-electron chi connectivity index (χ1n) is 9.33. The van der Waals surface area contributed by atoms with Crippen molar-refractivity contribution >= 4 is 23.2 Å². The summed E-state index contributed by atoms with van der Waals surface area (Å²) in [6, 6.07) is 14.5. The predicted octanol–water partition coefficient (Wildman–Crippen LogP) is 5.01. The molecule has 0 spiro atoms. The fourth-order valence-electron chi connectivity index (χ4n) is 2.39. The Morgan fingerprint density at radius 2 is 1.93 bits per heavy atom. The zero-order chi connectivity index (χ0) is 20.6. The maximum atomic E-state index is 12.4. The second kappa shape index (κ2) is 10.0. The minimum absolute atomic E-state index is 0.167. The number of anilines is 1. The average Bonchev–Trinajstić information content (AvgIpc) is 2.68. The van der Waals surface area contributed by atoms with Crippen molar-refractivity contribution < 1.29 is 9.53 Å². The highest BCUT2D eigenvalue weighted by atomic mass is 35.5. The fraction of sp³-hybridized carbons (Fsp3) is 0.364. The van der Waals surface area contributed by atoms with E-state index in [-0.39, 0.29) is 11.4 Å². The third kappa shape index (κ3) is 6.47. The van der Waals surface area contributed by atoms with Crippen LogP contribution in [0.25, 0.3) is 0 Å². The Balaban J connectivity index is 1.79. The van der Waals surface area contributed by atoms with Crippen molar-refractivity contribution in [3.05, 3.63) is 58.6 Å². The van der Waals surface area contributed by atoms with E-state index in [1.54, 1.807) is 36.4 Å². The van der Waals surface area contributed by atoms with Gasteiger partial charge in [0.2, 0.25) is 0 Å². The molecule has 1 amide bonds. The summed E-state index contributed by atoms with van der Waals surface area (Å²) in [6.45, 7) is 7.25. The predicted molar refractivity (Wildman–Crippen MR) is 113 cm³/mol. The lowest BCUT2D eigenvalue weighted by molar-refractivity contribution is 0.0911. The molecule has 148 valence electrons. The van der Waals surface area contributed by atoms with Gasteiger partial charge in [0.25, 0.3) is 5.91 Å². The first-order valence-corrected chi connectivity index (χ1v) is 9.71. The number of carbonyl (C=O) groups is 1. The van der Waals surface area contributed by atoms with E-state index < -0.39 is 0 Å². The van der Waals surface area contributed by atoms with Gasteiger partial charge in [-0.2, -0.15) is 5.26 Å². The van der Waals surface area contributed by atoms with Crippen LogP contribution in [-0.4, -0.2) is 24.6 Å². The molecule has 0 aliphatic carbocycles. The molecule has 0 unspecified atom stereocenters. The molecular formula is C22H26ClN3O2. The number of ether oxygens (including phenoxy) is 1. The lowest BCUT2D eigenvalue weighted by Gasteiger charge is -2.24. The quantitative estimate of drug-likeness (QED) is 0.581. The minimum Gasteiger partial charge on any atom is -0.494 e. The molecule has 0 radical (unpaired) electrons. The molecule has 2 aromatic carbocycles. The fourth-order valence-corrected chi connectivity index (χ4v) is 2.66. The van der Waals surface area contributed by atoms with Crippen LogP contribution < -0.4 is 15.4 Å². The van der Waals surface area contributed by atoms with E-state index in [1.165, 1.54) is 0 Å². The van der Waals surface area contributed by atoms with Gasteiger partial charge in [-0.05, 0) is 69.2 Å². The van der Waals surface area contributed by atoms with Crippen molar-refractivity contribution in [3.8, 4) is 11.8 Å². The largest absolute Gasteiger partial charge is 0.494 e. The summed E-state index contributed by atoms with van der Waals surface area (Å²) < 4.78 is 5.65. The van der Waals surface area contributed by atoms with E-state index in [1.807, 2.05) is 26.8 Å². The SMILES string of the molecule is CCC(C)(C)NC(=O)c1ccc(NCCCOc2ccc(C#N)cc2)cc1Cl. The Kier molecular flexibility index (Phi) is 7.71. The molecule has 5 nitrogen and oxygen atoms in total. The maximum absolute atomic E-state index is 12.4. The van der Waals surface area contributed by atoms with Crippen molar-refractivity contribution in [1.29, 1.82) is 5.26 Å². The Hall–Kier alpha value is -2.71. The van der Waals surface area contributed by atoms with E-state index in [0.717, 1.165) is 24.3 Å². The summed E-state index contributed by atoms with van der Waals surface area (Å²) >= 11 is 6.29. The van der Waals surface area contributed by atoms with Gasteiger partial charge >= 0.3 is 0 Å². The van der Waals surface area contributed by atoms with Gasteiger partial charge in [0.1, 0.15) is 5.75 Å². The van der Waals surface area contributed by atoms with Gasteiger partial charge in [-0.25, -0.2) is 0 Å². The number of nitriles is 1. The number of amides is 1. The monoisotopic (exact) mass is 399 g/mol. The summed E-state index contributed by atoms with van der Waals surface area (Å²) in [5.74, 6) is 0.576. The van der Waals surface area contributed by atoms with Gasteiger partial charge in [0, 0.05) is 17.8 Å². The molecule has 6 heteroatoms. The number of rotatable bonds is 9. The van der Waals surface area contributed by atoms with Crippen molar-refractivity contribution in [3.63, 3.8) is 0 Å². The van der Waals surface area contributed by atoms with Crippen LogP contribution in [0.4, 0.5) is 5.69 Å². The zero-order valence-corrected chi connectivity index (χ0v) is 17.3. The summed E-state index contributed by atoms with van der Waals surface area (Å²) in [7, 11) is 0. The highest BCUT2D eigenvalue weighted by molar-refractivity contribution is 6.34. The molecule has 0 aromatic heterocycles. The van der Waals surface area contributed by atoms with Gasteiger partial charge in [0.15, 0.2) is 0 Å². The average molecular weight is 400 g/mol. The first-order chi connectivity index (χ1) is 13.3. The Morgan fingerprint density at radius 3 is 2.54 bits per heavy atom. The van der Waals surface area contributed by atoms with Crippen LogP contribution in [0.3, 0.4) is 0 Å². The molecule has 0 saturated carbocycles. The molecular weight excluding hydrogens is 374 g/mol. The number of nitrogens with zero attached hydrogens (tertiary/aromatic N) is 1. The normalized spacial score (nSPS) is 10.8. The van der Waals surface area contributed by atoms with Crippen LogP contribution in [0.1, 0.15) is 49.5 Å². The van der Waals surface area contributed by atoms with Crippen molar-refractivity contribution in [2.24, 2.45) is 0 Å². The van der Waals surface area contributed by atoms with E-state index >= 15 is 0 Å². The molecule has 0 aliphatic heterocycles. The number of benzene rings is 2. The molecule has 0 aliphatic rings. The van der Waals surface area contributed by atoms with Crippen molar-refractivity contribution in [1.82, 2.24) is 5.32 Å². The lowest BCUT2D eigenvalue weighted by atomic mass is 10.0. The highest BCUT2D eigenvalue weighted by Gasteiger charge is 2.20. The molecule has 0 fully saturated rings. The summed E-state index contributed by atoms with van der Waals surface area (Å²) in [6.07, 6.45) is 1.63. The van der Waals surface area contributed by atoms with E-state index in [4.69, 9.17) is 21.6 Å². The smallest absolute Gasteiger partial charge is 0.253 e. The van der Waals surface area contributed by atoms with Crippen LogP contribution in [-0.2, 0) is 0 Å². The van der Waals surface area contributed by atoms with Crippen LogP contribution in [0, 0.1) is 11.3 Å². The highest BCUT2D eigenvalue weighted by Crippen LogP contribution is 2.22. The van der Waals surface area contributed by atoms with E-state index in [0.29, 0.717) is 29.3 Å². The Morgan fingerprint density at radius 1 is 1.21 bits per heavy atom. The molecule has 2 rings (SSSR count). The minimum atomic E-state index is -0.272. The second-order valence-electron chi connectivity index (χ2n) is 7.15. The topological polar surface area (TPSA) is 74.2 Å². The van der Waals surface area contributed by atoms with E-state index in [9.17, 15) is 4.79 Å². The third-order valence-corrected chi connectivity index (χ3v) is 4.76. The molecule has 0 heterocycles. The van der Waals surface area contributed by atoms with Crippen molar-refractivity contribution in [2.75, 3.05) is 18.5 Å². The van der Waals surface area contributed by atoms with Crippen LogP contribution >= 0.6 is 11.6 Å². The second-order valence-corrected chi connectivity index (χ2v) is 7.56. The first kappa shape index (κ1) is 21.6. The van der Waals surface area contributed by atoms with Gasteiger partial charge in [-0.3, -0.25) is 4.79 Å². The molecule has 2 aromatic rings. The number of carbonyl (C=O) groups excluding carboxylic acids is 1. The summed E-state index contributed by atoms with van der Waals surface area (Å²) in [5.41, 5.74) is 1.67. The number of nitrogens with one attached hydrogen (secondary N) is 2. The number of halogens is 1. The van der Waals surface area contributed by atoms with Gasteiger partial charge < -0.3 is 15.4 Å². The van der Waals surface area contributed by atoms with Crippen LogP contribution in [0.15, 0.2) is 42.5 Å². The van der Waals surface area contributed by atoms with Crippen LogP contribution in [0.2, 0.25) is 5.02 Å².